The molecule has 0 aromatic rings. The van der Waals surface area contributed by atoms with Crippen LogP contribution in [0.5, 0.6) is 0 Å². The third-order valence-electron chi connectivity index (χ3n) is 0.839. The van der Waals surface area contributed by atoms with Gasteiger partial charge in [-0.25, -0.2) is 0 Å². The van der Waals surface area contributed by atoms with Gasteiger partial charge in [0.2, 0.25) is 0 Å². The number of hydrogen-bond acceptors (Lipinski definition) is 3. The molecule has 0 saturated heterocycles. The molecule has 3 nitrogen and oxygen atoms in total. The fourth-order valence-corrected chi connectivity index (χ4v) is 0.326. The van der Waals surface area contributed by atoms with Crippen LogP contribution in [0.4, 0.5) is 0 Å². The molecule has 0 aromatic carbocycles. The topological polar surface area (TPSA) is 38.7 Å². The molecule has 0 atom stereocenters. The third kappa shape index (κ3) is 12.0. The van der Waals surface area contributed by atoms with Crippen LogP contribution >= 0.6 is 0 Å². The minimum atomic E-state index is 0. The molecular weight excluding hydrogens is 146 g/mol. The van der Waals surface area contributed by atoms with Crippen molar-refractivity contribution in [3.8, 4) is 0 Å². The Kier molecular flexibility index (Phi) is 11.9. The second-order valence-corrected chi connectivity index (χ2v) is 2.09. The molecular formula is C5H11ArNO2. The quantitative estimate of drug-likeness (QED) is 0.354. The SMILES string of the molecule is CC(C)CCON=O.[Ar]. The maximum Gasteiger partial charge on any atom is 0.155 e. The first-order chi connectivity index (χ1) is 3.77. The van der Waals surface area contributed by atoms with Crippen LogP contribution in [0.25, 0.3) is 0 Å². The van der Waals surface area contributed by atoms with Gasteiger partial charge in [0, 0.05) is 37.7 Å². The van der Waals surface area contributed by atoms with Gasteiger partial charge < -0.3 is 4.84 Å². The van der Waals surface area contributed by atoms with Crippen molar-refractivity contribution in [2.45, 2.75) is 20.3 Å². The van der Waals surface area contributed by atoms with Gasteiger partial charge in [-0.15, -0.1) is 4.91 Å². The van der Waals surface area contributed by atoms with E-state index in [1.165, 1.54) is 0 Å². The summed E-state index contributed by atoms with van der Waals surface area (Å²) in [4.78, 5) is 13.5. The first-order valence-electron chi connectivity index (χ1n) is 2.72. The molecule has 0 fully saturated rings. The van der Waals surface area contributed by atoms with E-state index in [0.29, 0.717) is 12.5 Å². The van der Waals surface area contributed by atoms with E-state index < -0.39 is 0 Å². The Hall–Kier alpha value is 0.660. The summed E-state index contributed by atoms with van der Waals surface area (Å²) in [5.74, 6) is 0.580. The second-order valence-electron chi connectivity index (χ2n) is 2.09. The van der Waals surface area contributed by atoms with Crippen LogP contribution in [0.15, 0.2) is 5.34 Å². The van der Waals surface area contributed by atoms with E-state index in [0.717, 1.165) is 6.42 Å². The first kappa shape index (κ1) is 12.3. The molecule has 0 bridgehead atoms. The van der Waals surface area contributed by atoms with Crippen LogP contribution in [0.1, 0.15) is 20.3 Å². The predicted molar refractivity (Wildman–Crippen MR) is 31.2 cm³/mol. The van der Waals surface area contributed by atoms with Crippen molar-refractivity contribution in [3.05, 3.63) is 4.91 Å². The minimum absolute atomic E-state index is 0. The van der Waals surface area contributed by atoms with Crippen molar-refractivity contribution < 1.29 is 42.6 Å². The Labute approximate surface area is 85.1 Å². The molecule has 4 heteroatoms. The molecule has 0 heterocycles. The van der Waals surface area contributed by atoms with Gasteiger partial charge in [0.25, 0.3) is 0 Å². The summed E-state index contributed by atoms with van der Waals surface area (Å²) >= 11 is 0. The van der Waals surface area contributed by atoms with Gasteiger partial charge in [0.05, 0.1) is 0 Å². The zero-order valence-electron chi connectivity index (χ0n) is 5.61. The fourth-order valence-electron chi connectivity index (χ4n) is 0.326. The van der Waals surface area contributed by atoms with Gasteiger partial charge >= 0.3 is 0 Å². The van der Waals surface area contributed by atoms with Crippen molar-refractivity contribution in [3.63, 3.8) is 0 Å². The number of rotatable bonds is 4. The van der Waals surface area contributed by atoms with Gasteiger partial charge in [0.15, 0.2) is 5.34 Å². The van der Waals surface area contributed by atoms with E-state index >= 15 is 0 Å². The normalized spacial score (nSPS) is 8.33. The molecule has 0 spiro atoms. The summed E-state index contributed by atoms with van der Waals surface area (Å²) in [6, 6.07) is 0. The maximum absolute atomic E-state index is 9.31. The van der Waals surface area contributed by atoms with Crippen LogP contribution in [0.3, 0.4) is 0 Å². The third-order valence-corrected chi connectivity index (χ3v) is 0.839. The van der Waals surface area contributed by atoms with E-state index in [2.05, 4.69) is 24.0 Å². The standard InChI is InChI=1S/C5H11NO2.Ar/c1-5(2)3-4-8-6-7;/h5H,3-4H2,1-2H3;. The zero-order valence-corrected chi connectivity index (χ0v) is 6.32. The van der Waals surface area contributed by atoms with Crippen molar-refractivity contribution >= 4 is 0 Å². The van der Waals surface area contributed by atoms with E-state index in [1.807, 2.05) is 0 Å². The van der Waals surface area contributed by atoms with E-state index in [-0.39, 0.29) is 37.7 Å². The van der Waals surface area contributed by atoms with Crippen LogP contribution < -0.4 is 0 Å². The summed E-state index contributed by atoms with van der Waals surface area (Å²) in [5, 5.41) is 2.26. The van der Waals surface area contributed by atoms with Gasteiger partial charge in [-0.3, -0.25) is 0 Å². The van der Waals surface area contributed by atoms with Gasteiger partial charge in [-0.2, -0.15) is 0 Å². The summed E-state index contributed by atoms with van der Waals surface area (Å²) in [6.07, 6.45) is 0.895. The number of hydrogen-bond donors (Lipinski definition) is 0. The molecule has 0 saturated carbocycles. The molecule has 0 unspecified atom stereocenters. The monoisotopic (exact) mass is 157 g/mol. The average molecular weight is 157 g/mol. The van der Waals surface area contributed by atoms with Gasteiger partial charge in [0.1, 0.15) is 6.61 Å². The molecule has 0 N–H and O–H groups in total. The van der Waals surface area contributed by atoms with E-state index in [4.69, 9.17) is 0 Å². The molecule has 0 aliphatic carbocycles. The van der Waals surface area contributed by atoms with Crippen molar-refractivity contribution in [2.24, 2.45) is 11.3 Å². The summed E-state index contributed by atoms with van der Waals surface area (Å²) in [7, 11) is 0. The van der Waals surface area contributed by atoms with Crippen molar-refractivity contribution in [1.29, 1.82) is 0 Å². The number of nitrogens with zero attached hydrogens (tertiary/aromatic N) is 1. The predicted octanol–water partition coefficient (Wildman–Crippen LogP) is 1.73. The summed E-state index contributed by atoms with van der Waals surface area (Å²) in [6.45, 7) is 4.57. The Bertz CT molecular complexity index is 68.0. The van der Waals surface area contributed by atoms with Crippen molar-refractivity contribution in [1.82, 2.24) is 0 Å². The fraction of sp³-hybridized carbons (Fsp3) is 1.00. The zero-order chi connectivity index (χ0) is 6.41. The van der Waals surface area contributed by atoms with Crippen LogP contribution in [0, 0.1) is 48.6 Å². The second kappa shape index (κ2) is 8.66. The molecule has 0 radical (unpaired) electrons. The molecule has 56 valence electrons. The molecule has 0 aromatic heterocycles. The maximum atomic E-state index is 9.31. The van der Waals surface area contributed by atoms with Crippen LogP contribution in [0.2, 0.25) is 0 Å². The minimum Gasteiger partial charge on any atom is -0.364 e. The van der Waals surface area contributed by atoms with E-state index in [1.54, 1.807) is 0 Å². The van der Waals surface area contributed by atoms with Gasteiger partial charge in [-0.05, 0) is 12.3 Å². The molecule has 0 amide bonds. The average Bonchev–Trinajstić information content (AvgIpc) is 1.66. The van der Waals surface area contributed by atoms with Crippen LogP contribution in [-0.4, -0.2) is 6.61 Å². The Morgan fingerprint density at radius 2 is 2.11 bits per heavy atom. The summed E-state index contributed by atoms with van der Waals surface area (Å²) in [5.41, 5.74) is 0. The first-order valence-corrected chi connectivity index (χ1v) is 2.72. The Balaban J connectivity index is 0. The smallest absolute Gasteiger partial charge is 0.155 e. The Morgan fingerprint density at radius 3 is 2.44 bits per heavy atom. The van der Waals surface area contributed by atoms with Crippen LogP contribution in [-0.2, 0) is 4.84 Å². The molecule has 0 aliphatic heterocycles. The Morgan fingerprint density at radius 1 is 1.56 bits per heavy atom. The molecule has 9 heavy (non-hydrogen) atoms. The van der Waals surface area contributed by atoms with E-state index in [9.17, 15) is 4.91 Å². The van der Waals surface area contributed by atoms with Gasteiger partial charge in [-0.1, -0.05) is 13.8 Å². The molecule has 0 rings (SSSR count). The molecule has 0 aliphatic rings. The largest absolute Gasteiger partial charge is 0.364 e. The summed E-state index contributed by atoms with van der Waals surface area (Å²) < 4.78 is 0. The van der Waals surface area contributed by atoms with Crippen molar-refractivity contribution in [2.75, 3.05) is 6.61 Å².